The number of carbonyl (C=O) groups excluding carboxylic acids is 1. The number of carbonyl (C=O) groups is 1. The number of thioether (sulfide) groups is 1. The quantitative estimate of drug-likeness (QED) is 0.418. The Bertz CT molecular complexity index is 304. The number of hydrogen-bond acceptors (Lipinski definition) is 5. The van der Waals surface area contributed by atoms with E-state index in [9.17, 15) is 4.79 Å². The molecular formula is C11H19N3O2S. The SMILES string of the molecule is CCCCCCCOC(=O)CSc1ncn[nH]1. The molecule has 0 spiro atoms. The Morgan fingerprint density at radius 3 is 2.94 bits per heavy atom. The smallest absolute Gasteiger partial charge is 0.316 e. The van der Waals surface area contributed by atoms with Crippen LogP contribution in [0.5, 0.6) is 0 Å². The first-order valence-electron chi connectivity index (χ1n) is 5.96. The summed E-state index contributed by atoms with van der Waals surface area (Å²) in [7, 11) is 0. The summed E-state index contributed by atoms with van der Waals surface area (Å²) < 4.78 is 5.10. The van der Waals surface area contributed by atoms with Gasteiger partial charge in [0, 0.05) is 0 Å². The van der Waals surface area contributed by atoms with Gasteiger partial charge in [-0.15, -0.1) is 0 Å². The van der Waals surface area contributed by atoms with Crippen molar-refractivity contribution in [3.63, 3.8) is 0 Å². The molecule has 0 unspecified atom stereocenters. The van der Waals surface area contributed by atoms with Crippen molar-refractivity contribution in [3.8, 4) is 0 Å². The second-order valence-electron chi connectivity index (χ2n) is 3.71. The molecule has 17 heavy (non-hydrogen) atoms. The summed E-state index contributed by atoms with van der Waals surface area (Å²) >= 11 is 1.30. The lowest BCUT2D eigenvalue weighted by atomic mass is 10.2. The van der Waals surface area contributed by atoms with Crippen LogP contribution in [0.4, 0.5) is 0 Å². The number of aromatic amines is 1. The van der Waals surface area contributed by atoms with Crippen molar-refractivity contribution >= 4 is 17.7 Å². The van der Waals surface area contributed by atoms with E-state index in [0.717, 1.165) is 12.8 Å². The second-order valence-corrected chi connectivity index (χ2v) is 4.68. The topological polar surface area (TPSA) is 67.9 Å². The molecule has 6 heteroatoms. The monoisotopic (exact) mass is 257 g/mol. The summed E-state index contributed by atoms with van der Waals surface area (Å²) in [6.07, 6.45) is 7.22. The van der Waals surface area contributed by atoms with Gasteiger partial charge in [0.05, 0.1) is 12.4 Å². The van der Waals surface area contributed by atoms with Gasteiger partial charge in [0.2, 0.25) is 0 Å². The van der Waals surface area contributed by atoms with Gasteiger partial charge in [0.25, 0.3) is 0 Å². The number of unbranched alkanes of at least 4 members (excludes halogenated alkanes) is 4. The molecule has 0 aliphatic rings. The Hall–Kier alpha value is -1.04. The van der Waals surface area contributed by atoms with Crippen LogP contribution in [0.3, 0.4) is 0 Å². The zero-order chi connectivity index (χ0) is 12.3. The van der Waals surface area contributed by atoms with Gasteiger partial charge < -0.3 is 4.74 Å². The van der Waals surface area contributed by atoms with Crippen molar-refractivity contribution in [1.82, 2.24) is 15.2 Å². The number of H-pyrrole nitrogens is 1. The van der Waals surface area contributed by atoms with Crippen LogP contribution in [0.2, 0.25) is 0 Å². The van der Waals surface area contributed by atoms with Crippen LogP contribution in [0.15, 0.2) is 11.5 Å². The van der Waals surface area contributed by atoms with E-state index in [1.807, 2.05) is 0 Å². The fraction of sp³-hybridized carbons (Fsp3) is 0.727. The Morgan fingerprint density at radius 2 is 2.24 bits per heavy atom. The van der Waals surface area contributed by atoms with E-state index in [1.54, 1.807) is 0 Å². The van der Waals surface area contributed by atoms with Crippen LogP contribution in [0, 0.1) is 0 Å². The summed E-state index contributed by atoms with van der Waals surface area (Å²) in [5, 5.41) is 7.02. The fourth-order valence-electron chi connectivity index (χ4n) is 1.32. The number of rotatable bonds is 9. The summed E-state index contributed by atoms with van der Waals surface area (Å²) in [6, 6.07) is 0. The molecule has 1 N–H and O–H groups in total. The molecule has 0 amide bonds. The van der Waals surface area contributed by atoms with Crippen LogP contribution >= 0.6 is 11.8 Å². The molecule has 0 aliphatic carbocycles. The average Bonchev–Trinajstić information content (AvgIpc) is 2.84. The molecule has 5 nitrogen and oxygen atoms in total. The summed E-state index contributed by atoms with van der Waals surface area (Å²) in [6.45, 7) is 2.71. The van der Waals surface area contributed by atoms with Gasteiger partial charge in [-0.1, -0.05) is 44.4 Å². The molecule has 0 bridgehead atoms. The highest BCUT2D eigenvalue weighted by atomic mass is 32.2. The molecule has 0 atom stereocenters. The molecule has 1 rings (SSSR count). The average molecular weight is 257 g/mol. The van der Waals surface area contributed by atoms with E-state index >= 15 is 0 Å². The summed E-state index contributed by atoms with van der Waals surface area (Å²) in [5.74, 6) is 0.0892. The first-order valence-corrected chi connectivity index (χ1v) is 6.95. The van der Waals surface area contributed by atoms with Gasteiger partial charge in [-0.25, -0.2) is 4.98 Å². The van der Waals surface area contributed by atoms with E-state index in [0.29, 0.717) is 11.8 Å². The number of hydrogen-bond donors (Lipinski definition) is 1. The van der Waals surface area contributed by atoms with Crippen molar-refractivity contribution in [1.29, 1.82) is 0 Å². The van der Waals surface area contributed by atoms with Gasteiger partial charge in [0.15, 0.2) is 5.16 Å². The first kappa shape index (κ1) is 14.0. The molecule has 0 radical (unpaired) electrons. The molecular weight excluding hydrogens is 238 g/mol. The Morgan fingerprint density at radius 1 is 1.41 bits per heavy atom. The molecule has 0 aliphatic heterocycles. The minimum absolute atomic E-state index is 0.193. The van der Waals surface area contributed by atoms with Gasteiger partial charge >= 0.3 is 5.97 Å². The zero-order valence-electron chi connectivity index (χ0n) is 10.1. The van der Waals surface area contributed by atoms with Gasteiger partial charge in [-0.3, -0.25) is 9.89 Å². The molecule has 1 heterocycles. The minimum atomic E-state index is -0.193. The second kappa shape index (κ2) is 9.04. The summed E-state index contributed by atoms with van der Waals surface area (Å²) in [4.78, 5) is 15.2. The molecule has 96 valence electrons. The van der Waals surface area contributed by atoms with Crippen molar-refractivity contribution in [2.24, 2.45) is 0 Å². The third-order valence-corrected chi connectivity index (χ3v) is 3.08. The maximum absolute atomic E-state index is 11.3. The number of nitrogens with one attached hydrogen (secondary N) is 1. The standard InChI is InChI=1S/C11H19N3O2S/c1-2-3-4-5-6-7-16-10(15)8-17-11-12-9-13-14-11/h9H,2-8H2,1H3,(H,12,13,14). The normalized spacial score (nSPS) is 10.4. The molecule has 0 aromatic carbocycles. The molecule has 0 saturated heterocycles. The largest absolute Gasteiger partial charge is 0.465 e. The first-order chi connectivity index (χ1) is 8.33. The lowest BCUT2D eigenvalue weighted by Gasteiger charge is -2.03. The van der Waals surface area contributed by atoms with Gasteiger partial charge in [-0.05, 0) is 6.42 Å². The minimum Gasteiger partial charge on any atom is -0.465 e. The Balaban J connectivity index is 1.94. The maximum atomic E-state index is 11.3. The molecule has 1 aromatic heterocycles. The maximum Gasteiger partial charge on any atom is 0.316 e. The number of ether oxygens (including phenoxy) is 1. The lowest BCUT2D eigenvalue weighted by molar-refractivity contribution is -0.140. The Kier molecular flexibility index (Phi) is 7.46. The number of esters is 1. The third kappa shape index (κ3) is 6.99. The van der Waals surface area contributed by atoms with E-state index in [4.69, 9.17) is 4.74 Å². The highest BCUT2D eigenvalue weighted by Gasteiger charge is 2.05. The van der Waals surface area contributed by atoms with Crippen molar-refractivity contribution in [3.05, 3.63) is 6.33 Å². The lowest BCUT2D eigenvalue weighted by Crippen LogP contribution is -2.08. The molecule has 0 fully saturated rings. The van der Waals surface area contributed by atoms with Crippen molar-refractivity contribution in [2.45, 2.75) is 44.2 Å². The van der Waals surface area contributed by atoms with E-state index < -0.39 is 0 Å². The van der Waals surface area contributed by atoms with Crippen molar-refractivity contribution in [2.75, 3.05) is 12.4 Å². The predicted molar refractivity (Wildman–Crippen MR) is 66.8 cm³/mol. The third-order valence-electron chi connectivity index (χ3n) is 2.23. The molecule has 0 saturated carbocycles. The zero-order valence-corrected chi connectivity index (χ0v) is 11.0. The predicted octanol–water partition coefficient (Wildman–Crippen LogP) is 2.41. The van der Waals surface area contributed by atoms with Gasteiger partial charge in [-0.2, -0.15) is 5.10 Å². The van der Waals surface area contributed by atoms with Crippen LogP contribution in [-0.4, -0.2) is 33.5 Å². The van der Waals surface area contributed by atoms with Crippen LogP contribution < -0.4 is 0 Å². The van der Waals surface area contributed by atoms with E-state index in [-0.39, 0.29) is 11.7 Å². The van der Waals surface area contributed by atoms with Crippen LogP contribution in [-0.2, 0) is 9.53 Å². The van der Waals surface area contributed by atoms with Crippen molar-refractivity contribution < 1.29 is 9.53 Å². The van der Waals surface area contributed by atoms with Crippen LogP contribution in [0.1, 0.15) is 39.0 Å². The van der Waals surface area contributed by atoms with Gasteiger partial charge in [0.1, 0.15) is 6.33 Å². The van der Waals surface area contributed by atoms with E-state index in [1.165, 1.54) is 37.4 Å². The number of aromatic nitrogens is 3. The summed E-state index contributed by atoms with van der Waals surface area (Å²) in [5.41, 5.74) is 0. The fourth-order valence-corrected chi connectivity index (χ4v) is 1.90. The van der Waals surface area contributed by atoms with E-state index in [2.05, 4.69) is 22.1 Å². The molecule has 1 aromatic rings. The highest BCUT2D eigenvalue weighted by molar-refractivity contribution is 7.99. The van der Waals surface area contributed by atoms with Crippen LogP contribution in [0.25, 0.3) is 0 Å². The highest BCUT2D eigenvalue weighted by Crippen LogP contribution is 2.10. The Labute approximate surface area is 106 Å². The number of nitrogens with zero attached hydrogens (tertiary/aromatic N) is 2.